The predicted octanol–water partition coefficient (Wildman–Crippen LogP) is -0.334. The van der Waals surface area contributed by atoms with Crippen molar-refractivity contribution < 1.29 is 19.4 Å². The number of hydrogen-bond donors (Lipinski definition) is 3. The Morgan fingerprint density at radius 2 is 2.29 bits per heavy atom. The van der Waals surface area contributed by atoms with E-state index < -0.39 is 24.1 Å². The summed E-state index contributed by atoms with van der Waals surface area (Å²) in [5, 5.41) is 17.8. The van der Waals surface area contributed by atoms with E-state index >= 15 is 0 Å². The molecule has 0 aliphatic rings. The van der Waals surface area contributed by atoms with Crippen LogP contribution in [0.2, 0.25) is 0 Å². The summed E-state index contributed by atoms with van der Waals surface area (Å²) in [5.41, 5.74) is 4.90. The Balaban J connectivity index is 2.94. The second-order valence-electron chi connectivity index (χ2n) is 2.69. The van der Waals surface area contributed by atoms with Crippen LogP contribution >= 0.6 is 0 Å². The lowest BCUT2D eigenvalue weighted by molar-refractivity contribution is -0.141. The Kier molecular flexibility index (Phi) is 3.10. The van der Waals surface area contributed by atoms with Gasteiger partial charge >= 0.3 is 5.97 Å². The number of nitrogens with zero attached hydrogens (tertiary/aromatic N) is 1. The number of pyridine rings is 1. The van der Waals surface area contributed by atoms with Crippen LogP contribution in [0.5, 0.6) is 0 Å². The maximum absolute atomic E-state index is 12.9. The second kappa shape index (κ2) is 4.12. The van der Waals surface area contributed by atoms with Crippen LogP contribution in [0.1, 0.15) is 11.7 Å². The number of carboxylic acids is 1. The van der Waals surface area contributed by atoms with Gasteiger partial charge in [-0.1, -0.05) is 6.07 Å². The minimum Gasteiger partial charge on any atom is -0.480 e. The quantitative estimate of drug-likeness (QED) is 0.580. The number of aliphatic hydroxyl groups excluding tert-OH is 1. The molecule has 0 saturated carbocycles. The zero-order chi connectivity index (χ0) is 10.7. The molecule has 76 valence electrons. The van der Waals surface area contributed by atoms with Crippen LogP contribution in [0, 0.1) is 5.95 Å². The summed E-state index contributed by atoms with van der Waals surface area (Å²) >= 11 is 0. The van der Waals surface area contributed by atoms with Gasteiger partial charge in [0.2, 0.25) is 5.95 Å². The van der Waals surface area contributed by atoms with E-state index in [0.717, 1.165) is 0 Å². The maximum Gasteiger partial charge on any atom is 0.323 e. The minimum absolute atomic E-state index is 0.220. The number of halogens is 1. The van der Waals surface area contributed by atoms with Crippen LogP contribution in [0.3, 0.4) is 0 Å². The molecule has 0 aliphatic heterocycles. The molecule has 5 nitrogen and oxygen atoms in total. The molecule has 6 heteroatoms. The number of carboxylic acid groups (broad SMARTS) is 1. The average molecular weight is 200 g/mol. The molecule has 1 aromatic rings. The smallest absolute Gasteiger partial charge is 0.323 e. The summed E-state index contributed by atoms with van der Waals surface area (Å²) in [4.78, 5) is 13.7. The van der Waals surface area contributed by atoms with Crippen molar-refractivity contribution in [2.24, 2.45) is 5.73 Å². The van der Waals surface area contributed by atoms with E-state index in [1.807, 2.05) is 0 Å². The fourth-order valence-electron chi connectivity index (χ4n) is 0.948. The first-order valence-corrected chi connectivity index (χ1v) is 3.81. The fourth-order valence-corrected chi connectivity index (χ4v) is 0.948. The Morgan fingerprint density at radius 3 is 2.79 bits per heavy atom. The van der Waals surface area contributed by atoms with Gasteiger partial charge in [0, 0.05) is 11.8 Å². The molecule has 1 aromatic heterocycles. The van der Waals surface area contributed by atoms with Gasteiger partial charge in [0.05, 0.1) is 0 Å². The minimum atomic E-state index is -1.60. The first-order valence-electron chi connectivity index (χ1n) is 3.81. The van der Waals surface area contributed by atoms with Gasteiger partial charge in [-0.25, -0.2) is 4.98 Å². The molecule has 0 bridgehead atoms. The van der Waals surface area contributed by atoms with E-state index in [9.17, 15) is 14.3 Å². The van der Waals surface area contributed by atoms with Gasteiger partial charge in [-0.2, -0.15) is 4.39 Å². The number of hydrogen-bond acceptors (Lipinski definition) is 4. The molecule has 2 atom stereocenters. The van der Waals surface area contributed by atoms with E-state index in [4.69, 9.17) is 10.8 Å². The Morgan fingerprint density at radius 1 is 1.64 bits per heavy atom. The molecule has 0 amide bonds. The van der Waals surface area contributed by atoms with Crippen molar-refractivity contribution in [2.45, 2.75) is 12.1 Å². The number of aliphatic hydroxyl groups is 1. The molecular formula is C8H9FN2O3. The normalized spacial score (nSPS) is 14.8. The molecule has 0 radical (unpaired) electrons. The zero-order valence-corrected chi connectivity index (χ0v) is 7.09. The van der Waals surface area contributed by atoms with Gasteiger partial charge in [0.15, 0.2) is 0 Å². The van der Waals surface area contributed by atoms with Gasteiger partial charge in [0.25, 0.3) is 0 Å². The fraction of sp³-hybridized carbons (Fsp3) is 0.250. The van der Waals surface area contributed by atoms with Gasteiger partial charge in [-0.15, -0.1) is 0 Å². The van der Waals surface area contributed by atoms with Crippen molar-refractivity contribution in [3.63, 3.8) is 0 Å². The molecular weight excluding hydrogens is 191 g/mol. The highest BCUT2D eigenvalue weighted by atomic mass is 19.1. The average Bonchev–Trinajstić information content (AvgIpc) is 2.16. The van der Waals surface area contributed by atoms with Crippen LogP contribution in [0.25, 0.3) is 0 Å². The van der Waals surface area contributed by atoms with Crippen molar-refractivity contribution in [1.29, 1.82) is 0 Å². The summed E-state index contributed by atoms with van der Waals surface area (Å²) in [6.45, 7) is 0. The lowest BCUT2D eigenvalue weighted by Gasteiger charge is -2.14. The first-order chi connectivity index (χ1) is 6.54. The third-order valence-corrected chi connectivity index (χ3v) is 1.73. The first kappa shape index (κ1) is 10.6. The summed E-state index contributed by atoms with van der Waals surface area (Å²) < 4.78 is 12.9. The van der Waals surface area contributed by atoms with Crippen molar-refractivity contribution in [2.75, 3.05) is 0 Å². The number of aromatic nitrogens is 1. The summed E-state index contributed by atoms with van der Waals surface area (Å²) in [5.74, 6) is -2.32. The standard InChI is InChI=1S/C8H9FN2O3/c9-7-4(2-1-3-11-7)6(12)5(10)8(13)14/h1-3,5-6,12H,10H2,(H,13,14). The third-order valence-electron chi connectivity index (χ3n) is 1.73. The molecule has 0 aliphatic carbocycles. The van der Waals surface area contributed by atoms with Crippen LogP contribution in [0.15, 0.2) is 18.3 Å². The highest BCUT2D eigenvalue weighted by Crippen LogP contribution is 2.17. The largest absolute Gasteiger partial charge is 0.480 e. The van der Waals surface area contributed by atoms with Crippen LogP contribution in [-0.4, -0.2) is 27.2 Å². The van der Waals surface area contributed by atoms with Crippen LogP contribution in [0.4, 0.5) is 4.39 Å². The molecule has 14 heavy (non-hydrogen) atoms. The summed E-state index contributed by atoms with van der Waals surface area (Å²) in [6.07, 6.45) is -0.404. The van der Waals surface area contributed by atoms with E-state index in [1.165, 1.54) is 18.3 Å². The molecule has 1 rings (SSSR count). The Bertz CT molecular complexity index is 345. The topological polar surface area (TPSA) is 96.4 Å². The van der Waals surface area contributed by atoms with Gasteiger partial charge in [0.1, 0.15) is 12.1 Å². The molecule has 0 spiro atoms. The van der Waals surface area contributed by atoms with Crippen LogP contribution in [-0.2, 0) is 4.79 Å². The number of carbonyl (C=O) groups is 1. The zero-order valence-electron chi connectivity index (χ0n) is 7.09. The lowest BCUT2D eigenvalue weighted by Crippen LogP contribution is -2.36. The molecule has 1 heterocycles. The van der Waals surface area contributed by atoms with Crippen molar-refractivity contribution >= 4 is 5.97 Å². The van der Waals surface area contributed by atoms with E-state index in [0.29, 0.717) is 0 Å². The number of nitrogens with two attached hydrogens (primary N) is 1. The molecule has 2 unspecified atom stereocenters. The number of aliphatic carboxylic acids is 1. The van der Waals surface area contributed by atoms with E-state index in [2.05, 4.69) is 4.98 Å². The molecule has 0 saturated heterocycles. The summed E-state index contributed by atoms with van der Waals surface area (Å²) in [7, 11) is 0. The predicted molar refractivity (Wildman–Crippen MR) is 44.8 cm³/mol. The monoisotopic (exact) mass is 200 g/mol. The second-order valence-corrected chi connectivity index (χ2v) is 2.69. The molecule has 4 N–H and O–H groups in total. The van der Waals surface area contributed by atoms with Crippen molar-refractivity contribution in [3.05, 3.63) is 29.8 Å². The molecule has 0 aromatic carbocycles. The van der Waals surface area contributed by atoms with Crippen molar-refractivity contribution in [3.8, 4) is 0 Å². The van der Waals surface area contributed by atoms with Gasteiger partial charge in [-0.3, -0.25) is 4.79 Å². The van der Waals surface area contributed by atoms with E-state index in [1.54, 1.807) is 0 Å². The Hall–Kier alpha value is -1.53. The molecule has 0 fully saturated rings. The summed E-state index contributed by atoms with van der Waals surface area (Å²) in [6, 6.07) is 1.06. The SMILES string of the molecule is NC(C(=O)O)C(O)c1cccnc1F. The third kappa shape index (κ3) is 2.04. The van der Waals surface area contributed by atoms with Gasteiger partial charge in [-0.05, 0) is 6.07 Å². The highest BCUT2D eigenvalue weighted by Gasteiger charge is 2.26. The van der Waals surface area contributed by atoms with Gasteiger partial charge < -0.3 is 15.9 Å². The maximum atomic E-state index is 12.9. The van der Waals surface area contributed by atoms with E-state index in [-0.39, 0.29) is 5.56 Å². The number of rotatable bonds is 3. The highest BCUT2D eigenvalue weighted by molar-refractivity contribution is 5.74. The lowest BCUT2D eigenvalue weighted by atomic mass is 10.1. The Labute approximate surface area is 79.0 Å². The van der Waals surface area contributed by atoms with Crippen molar-refractivity contribution in [1.82, 2.24) is 4.98 Å². The van der Waals surface area contributed by atoms with Crippen LogP contribution < -0.4 is 5.73 Å².